The second kappa shape index (κ2) is 11.8. The van der Waals surface area contributed by atoms with E-state index >= 15 is 0 Å². The molecular weight excluding hydrogens is 506 g/mol. The van der Waals surface area contributed by atoms with Crippen LogP contribution >= 0.6 is 27.5 Å². The number of carbonyl (C=O) groups excluding carboxylic acids is 3. The second-order valence-electron chi connectivity index (χ2n) is 8.35. The van der Waals surface area contributed by atoms with E-state index in [-0.39, 0.29) is 11.7 Å². The molecule has 5 nitrogen and oxygen atoms in total. The largest absolute Gasteiger partial charge is 0.468 e. The molecule has 1 saturated heterocycles. The molecule has 0 aliphatic carbocycles. The molecule has 1 fully saturated rings. The highest BCUT2D eigenvalue weighted by Crippen LogP contribution is 2.39. The van der Waals surface area contributed by atoms with Crippen LogP contribution in [0.5, 0.6) is 0 Å². The van der Waals surface area contributed by atoms with Crippen LogP contribution in [0.4, 0.5) is 0 Å². The van der Waals surface area contributed by atoms with Gasteiger partial charge in [0.1, 0.15) is 5.92 Å². The molecule has 3 rings (SSSR count). The Hall–Kier alpha value is -2.18. The Labute approximate surface area is 208 Å². The maximum atomic E-state index is 13.7. The van der Waals surface area contributed by atoms with Crippen molar-refractivity contribution in [2.45, 2.75) is 38.5 Å². The summed E-state index contributed by atoms with van der Waals surface area (Å²) in [4.78, 5) is 42.2. The van der Waals surface area contributed by atoms with E-state index in [0.717, 1.165) is 29.3 Å². The third kappa shape index (κ3) is 6.04. The predicted molar refractivity (Wildman–Crippen MR) is 132 cm³/mol. The van der Waals surface area contributed by atoms with Gasteiger partial charge in [-0.15, -0.1) is 0 Å². The summed E-state index contributed by atoms with van der Waals surface area (Å²) in [5.74, 6) is -3.35. The van der Waals surface area contributed by atoms with Gasteiger partial charge < -0.3 is 9.64 Å². The number of amides is 1. The van der Waals surface area contributed by atoms with Crippen LogP contribution < -0.4 is 0 Å². The third-order valence-electron chi connectivity index (χ3n) is 6.34. The summed E-state index contributed by atoms with van der Waals surface area (Å²) >= 11 is 9.46. The predicted octanol–water partition coefficient (Wildman–Crippen LogP) is 5.90. The average Bonchev–Trinajstić information content (AvgIpc) is 2.84. The van der Waals surface area contributed by atoms with E-state index < -0.39 is 23.7 Å². The van der Waals surface area contributed by atoms with Crippen LogP contribution in [-0.4, -0.2) is 42.8 Å². The fourth-order valence-electron chi connectivity index (χ4n) is 4.61. The second-order valence-corrected chi connectivity index (χ2v) is 9.70. The van der Waals surface area contributed by atoms with Crippen LogP contribution in [-0.2, 0) is 14.3 Å². The van der Waals surface area contributed by atoms with Crippen molar-refractivity contribution < 1.29 is 19.1 Å². The normalized spacial score (nSPS) is 16.5. The number of methoxy groups -OCH3 is 1. The SMILES string of the molecule is CC[C@H](C(=O)c1ccc(Cl)cc1)[C@@H](c1ccc(Br)cc1)[C@@H](C(=O)OC)C(=O)N1CCCCC1. The van der Waals surface area contributed by atoms with Gasteiger partial charge in [0.25, 0.3) is 0 Å². The molecular formula is C26H29BrClNO4. The number of benzene rings is 2. The number of ether oxygens (including phenoxy) is 1. The molecule has 0 saturated carbocycles. The molecule has 0 aromatic heterocycles. The molecule has 33 heavy (non-hydrogen) atoms. The Morgan fingerprint density at radius 3 is 2.15 bits per heavy atom. The highest BCUT2D eigenvalue weighted by Gasteiger charge is 2.45. The standard InChI is InChI=1S/C26H29BrClNO4/c1-3-21(24(30)18-9-13-20(28)14-10-18)22(17-7-11-19(27)12-8-17)23(26(32)33-2)25(31)29-15-5-4-6-16-29/h7-14,21-23H,3-6,15-16H2,1-2H3/t21-,22+,23+/m0/s1. The minimum Gasteiger partial charge on any atom is -0.468 e. The summed E-state index contributed by atoms with van der Waals surface area (Å²) < 4.78 is 6.00. The Morgan fingerprint density at radius 1 is 1.00 bits per heavy atom. The quantitative estimate of drug-likeness (QED) is 0.240. The zero-order chi connectivity index (χ0) is 24.0. The van der Waals surface area contributed by atoms with Gasteiger partial charge in [0.15, 0.2) is 5.78 Å². The average molecular weight is 535 g/mol. The number of hydrogen-bond donors (Lipinski definition) is 0. The fraction of sp³-hybridized carbons (Fsp3) is 0.423. The summed E-state index contributed by atoms with van der Waals surface area (Å²) in [6.07, 6.45) is 3.34. The van der Waals surface area contributed by atoms with Crippen LogP contribution in [0.15, 0.2) is 53.0 Å². The number of rotatable bonds is 8. The van der Waals surface area contributed by atoms with E-state index in [0.29, 0.717) is 30.1 Å². The molecule has 0 spiro atoms. The summed E-state index contributed by atoms with van der Waals surface area (Å²) in [7, 11) is 1.29. The Morgan fingerprint density at radius 2 is 1.61 bits per heavy atom. The molecule has 3 atom stereocenters. The minimum absolute atomic E-state index is 0.123. The Balaban J connectivity index is 2.09. The van der Waals surface area contributed by atoms with Crippen molar-refractivity contribution in [1.29, 1.82) is 0 Å². The maximum Gasteiger partial charge on any atom is 0.318 e. The van der Waals surface area contributed by atoms with Crippen molar-refractivity contribution in [3.63, 3.8) is 0 Å². The van der Waals surface area contributed by atoms with Crippen molar-refractivity contribution in [2.24, 2.45) is 11.8 Å². The first-order valence-corrected chi connectivity index (χ1v) is 12.5. The van der Waals surface area contributed by atoms with Crippen LogP contribution in [0.25, 0.3) is 0 Å². The number of halogens is 2. The molecule has 0 radical (unpaired) electrons. The Kier molecular flexibility index (Phi) is 9.10. The first-order chi connectivity index (χ1) is 15.9. The number of carbonyl (C=O) groups is 3. The van der Waals surface area contributed by atoms with Crippen molar-refractivity contribution in [3.8, 4) is 0 Å². The van der Waals surface area contributed by atoms with E-state index in [2.05, 4.69) is 15.9 Å². The summed E-state index contributed by atoms with van der Waals surface area (Å²) in [5.41, 5.74) is 1.26. The van der Waals surface area contributed by atoms with E-state index in [4.69, 9.17) is 16.3 Å². The molecule has 1 amide bonds. The third-order valence-corrected chi connectivity index (χ3v) is 7.12. The molecule has 1 aliphatic heterocycles. The van der Waals surface area contributed by atoms with E-state index in [9.17, 15) is 14.4 Å². The zero-order valence-electron chi connectivity index (χ0n) is 18.9. The van der Waals surface area contributed by atoms with Gasteiger partial charge in [0, 0.05) is 40.0 Å². The van der Waals surface area contributed by atoms with Gasteiger partial charge in [-0.25, -0.2) is 0 Å². The Bertz CT molecular complexity index is 971. The van der Waals surface area contributed by atoms with Gasteiger partial charge in [0.05, 0.1) is 7.11 Å². The molecule has 7 heteroatoms. The number of ketones is 1. The van der Waals surface area contributed by atoms with Crippen molar-refractivity contribution in [3.05, 3.63) is 69.2 Å². The van der Waals surface area contributed by atoms with Crippen molar-refractivity contribution >= 4 is 45.2 Å². The fourth-order valence-corrected chi connectivity index (χ4v) is 5.00. The smallest absolute Gasteiger partial charge is 0.318 e. The molecule has 0 unspecified atom stereocenters. The molecule has 1 aliphatic rings. The number of piperidine rings is 1. The van der Waals surface area contributed by atoms with Crippen LogP contribution in [0.2, 0.25) is 5.02 Å². The zero-order valence-corrected chi connectivity index (χ0v) is 21.3. The van der Waals surface area contributed by atoms with Crippen molar-refractivity contribution in [2.75, 3.05) is 20.2 Å². The first kappa shape index (κ1) is 25.4. The summed E-state index contributed by atoms with van der Waals surface area (Å²) in [6, 6.07) is 14.2. The maximum absolute atomic E-state index is 13.7. The van der Waals surface area contributed by atoms with Gasteiger partial charge in [-0.2, -0.15) is 0 Å². The number of hydrogen-bond acceptors (Lipinski definition) is 4. The van der Waals surface area contributed by atoms with Gasteiger partial charge in [-0.1, -0.05) is 46.6 Å². The van der Waals surface area contributed by atoms with E-state index in [1.165, 1.54) is 7.11 Å². The van der Waals surface area contributed by atoms with E-state index in [1.807, 2.05) is 31.2 Å². The first-order valence-electron chi connectivity index (χ1n) is 11.3. The van der Waals surface area contributed by atoms with Gasteiger partial charge in [-0.05, 0) is 67.6 Å². The van der Waals surface area contributed by atoms with Gasteiger partial charge in [0.2, 0.25) is 5.91 Å². The monoisotopic (exact) mass is 533 g/mol. The van der Waals surface area contributed by atoms with Crippen LogP contribution in [0, 0.1) is 11.8 Å². The molecule has 176 valence electrons. The van der Waals surface area contributed by atoms with Gasteiger partial charge in [-0.3, -0.25) is 14.4 Å². The minimum atomic E-state index is -1.10. The van der Waals surface area contributed by atoms with Crippen LogP contribution in [0.1, 0.15) is 54.4 Å². The molecule has 0 N–H and O–H groups in total. The number of esters is 1. The summed E-state index contributed by atoms with van der Waals surface area (Å²) in [6.45, 7) is 3.13. The highest BCUT2D eigenvalue weighted by atomic mass is 79.9. The molecule has 2 aromatic carbocycles. The lowest BCUT2D eigenvalue weighted by atomic mass is 9.72. The van der Waals surface area contributed by atoms with Crippen molar-refractivity contribution in [1.82, 2.24) is 4.90 Å². The number of Topliss-reactive ketones (excluding diaryl/α,β-unsaturated/α-hetero) is 1. The lowest BCUT2D eigenvalue weighted by Gasteiger charge is -2.35. The van der Waals surface area contributed by atoms with Crippen LogP contribution in [0.3, 0.4) is 0 Å². The summed E-state index contributed by atoms with van der Waals surface area (Å²) in [5, 5.41) is 0.539. The number of nitrogens with zero attached hydrogens (tertiary/aromatic N) is 1. The van der Waals surface area contributed by atoms with E-state index in [1.54, 1.807) is 29.2 Å². The lowest BCUT2D eigenvalue weighted by Crippen LogP contribution is -2.47. The highest BCUT2D eigenvalue weighted by molar-refractivity contribution is 9.10. The molecule has 0 bridgehead atoms. The topological polar surface area (TPSA) is 63.7 Å². The lowest BCUT2D eigenvalue weighted by molar-refractivity contribution is -0.155. The van der Waals surface area contributed by atoms with Gasteiger partial charge >= 0.3 is 5.97 Å². The molecule has 2 aromatic rings. The number of likely N-dealkylation sites (tertiary alicyclic amines) is 1. The molecule has 1 heterocycles.